The number of carboxylic acid groups (broad SMARTS) is 1. The molecule has 69 heavy (non-hydrogen) atoms. The zero-order chi connectivity index (χ0) is 50.4. The van der Waals surface area contributed by atoms with Gasteiger partial charge in [0.25, 0.3) is 0 Å². The lowest BCUT2D eigenvalue weighted by molar-refractivity contribution is -0.301. The molecule has 0 aliphatic carbocycles. The van der Waals surface area contributed by atoms with Crippen molar-refractivity contribution in [3.8, 4) is 0 Å². The van der Waals surface area contributed by atoms with Crippen molar-refractivity contribution in [3.63, 3.8) is 0 Å². The molecule has 0 bridgehead atoms. The number of aliphatic hydroxyl groups is 2. The van der Waals surface area contributed by atoms with Gasteiger partial charge in [0, 0.05) is 12.8 Å². The number of aliphatic carboxylic acids is 1. The number of hydrogen-bond donors (Lipinski definition) is 3. The predicted octanol–water partition coefficient (Wildman–Crippen LogP) is 12.8. The van der Waals surface area contributed by atoms with Crippen LogP contribution in [-0.4, -0.2) is 89.2 Å². The Labute approximate surface area is 416 Å². The number of esters is 3. The standard InChI is InChI=1S/C57H92O12/c1-4-7-10-13-16-19-21-23-25-27-29-32-34-37-40-43-49(58)65-46-48(67-50(59)44-41-38-36-33-30-28-26-24-22-20-17-14-11-8-5-2)47-66-57-55(53(62)52(61)54(69-57)56(63)64)68-51(60)45-42-39-35-31-18-15-12-9-6-3/h7,10,16-17,19-20,23-26,29,32,37,40,48,52-55,57,61-62H,4-6,8-9,11-15,18,21-22,27-28,30-31,33-36,38-39,41-47H2,1-3H3,(H,63,64)/b10-7-,19-16-,20-17-,25-23-,26-24-,32-29-,40-37-. The molecule has 0 aromatic carbocycles. The SMILES string of the molecule is CC/C=C\C/C=C\C/C=C\C/C=C\C/C=C\CC(=O)OCC(COC1OC(C(=O)O)C(O)C(O)C1OC(=O)CCCCCCCCCCC)OC(=O)CCCCCCC/C=C\C/C=C\CCCCC. The van der Waals surface area contributed by atoms with Gasteiger partial charge in [0.2, 0.25) is 0 Å². The van der Waals surface area contributed by atoms with Gasteiger partial charge in [-0.15, -0.1) is 0 Å². The van der Waals surface area contributed by atoms with Gasteiger partial charge in [-0.3, -0.25) is 14.4 Å². The summed E-state index contributed by atoms with van der Waals surface area (Å²) in [5.41, 5.74) is 0. The average Bonchev–Trinajstić information content (AvgIpc) is 3.33. The van der Waals surface area contributed by atoms with Gasteiger partial charge in [0.05, 0.1) is 13.0 Å². The van der Waals surface area contributed by atoms with Crippen molar-refractivity contribution in [2.45, 2.75) is 237 Å². The summed E-state index contributed by atoms with van der Waals surface area (Å²) >= 11 is 0. The van der Waals surface area contributed by atoms with E-state index in [1.807, 2.05) is 12.2 Å². The molecule has 1 heterocycles. The molecule has 6 unspecified atom stereocenters. The molecule has 0 saturated carbocycles. The number of allylic oxidation sites excluding steroid dienone is 13. The summed E-state index contributed by atoms with van der Waals surface area (Å²) < 4.78 is 28.1. The maximum Gasteiger partial charge on any atom is 0.335 e. The van der Waals surface area contributed by atoms with E-state index in [-0.39, 0.29) is 25.9 Å². The first kappa shape index (κ1) is 62.9. The first-order valence-corrected chi connectivity index (χ1v) is 26.6. The van der Waals surface area contributed by atoms with Gasteiger partial charge < -0.3 is 39.0 Å². The number of carboxylic acids is 1. The molecular weight excluding hydrogens is 877 g/mol. The number of carbonyl (C=O) groups is 4. The second kappa shape index (κ2) is 45.1. The van der Waals surface area contributed by atoms with Crippen LogP contribution in [0.3, 0.4) is 0 Å². The first-order chi connectivity index (χ1) is 33.6. The summed E-state index contributed by atoms with van der Waals surface area (Å²) in [5, 5.41) is 31.3. The quantitative estimate of drug-likeness (QED) is 0.0229. The van der Waals surface area contributed by atoms with E-state index >= 15 is 0 Å². The van der Waals surface area contributed by atoms with Crippen LogP contribution in [0.1, 0.15) is 201 Å². The Kier molecular flexibility index (Phi) is 41.1. The van der Waals surface area contributed by atoms with Crippen LogP contribution in [0.25, 0.3) is 0 Å². The van der Waals surface area contributed by atoms with E-state index in [9.17, 15) is 34.5 Å². The number of carbonyl (C=O) groups excluding carboxylic acids is 3. The fourth-order valence-corrected chi connectivity index (χ4v) is 7.41. The zero-order valence-corrected chi connectivity index (χ0v) is 42.8. The van der Waals surface area contributed by atoms with Crippen molar-refractivity contribution < 1.29 is 58.2 Å². The lowest BCUT2D eigenvalue weighted by Gasteiger charge is -2.40. The summed E-state index contributed by atoms with van der Waals surface area (Å²) in [6, 6.07) is 0. The normalized spacial score (nSPS) is 19.3. The number of ether oxygens (including phenoxy) is 5. The van der Waals surface area contributed by atoms with Crippen molar-refractivity contribution in [1.82, 2.24) is 0 Å². The zero-order valence-electron chi connectivity index (χ0n) is 42.8. The smallest absolute Gasteiger partial charge is 0.335 e. The molecule has 12 heteroatoms. The van der Waals surface area contributed by atoms with Crippen molar-refractivity contribution >= 4 is 23.9 Å². The Morgan fingerprint density at radius 1 is 0.507 bits per heavy atom. The fraction of sp³-hybridized carbons (Fsp3) is 0.684. The molecule has 1 fully saturated rings. The maximum absolute atomic E-state index is 13.1. The second-order valence-corrected chi connectivity index (χ2v) is 17.8. The highest BCUT2D eigenvalue weighted by Gasteiger charge is 2.50. The molecule has 6 atom stereocenters. The van der Waals surface area contributed by atoms with Gasteiger partial charge in [-0.2, -0.15) is 0 Å². The largest absolute Gasteiger partial charge is 0.479 e. The summed E-state index contributed by atoms with van der Waals surface area (Å²) in [7, 11) is 0. The van der Waals surface area contributed by atoms with Gasteiger partial charge in [-0.05, 0) is 77.0 Å². The minimum absolute atomic E-state index is 0.0197. The summed E-state index contributed by atoms with van der Waals surface area (Å²) in [4.78, 5) is 50.7. The third-order valence-electron chi connectivity index (χ3n) is 11.5. The number of rotatable bonds is 43. The van der Waals surface area contributed by atoms with Crippen LogP contribution in [0.2, 0.25) is 0 Å². The molecule has 1 aliphatic rings. The molecule has 0 aromatic rings. The van der Waals surface area contributed by atoms with Gasteiger partial charge in [-0.25, -0.2) is 4.79 Å². The topological polar surface area (TPSA) is 175 Å². The minimum Gasteiger partial charge on any atom is -0.479 e. The Morgan fingerprint density at radius 2 is 0.957 bits per heavy atom. The van der Waals surface area contributed by atoms with Gasteiger partial charge >= 0.3 is 23.9 Å². The molecular formula is C57H92O12. The molecule has 1 saturated heterocycles. The highest BCUT2D eigenvalue weighted by atomic mass is 16.7. The van der Waals surface area contributed by atoms with Crippen molar-refractivity contribution in [1.29, 1.82) is 0 Å². The van der Waals surface area contributed by atoms with Crippen LogP contribution in [-0.2, 0) is 42.9 Å². The van der Waals surface area contributed by atoms with Gasteiger partial charge in [0.1, 0.15) is 18.8 Å². The number of unbranched alkanes of at least 4 members (excludes halogenated alkanes) is 16. The second-order valence-electron chi connectivity index (χ2n) is 17.8. The van der Waals surface area contributed by atoms with Crippen molar-refractivity contribution in [2.24, 2.45) is 0 Å². The first-order valence-electron chi connectivity index (χ1n) is 26.6. The summed E-state index contributed by atoms with van der Waals surface area (Å²) in [6.07, 6.45) is 44.6. The Balaban J connectivity index is 2.79. The molecule has 0 spiro atoms. The van der Waals surface area contributed by atoms with Gasteiger partial charge in [-0.1, -0.05) is 189 Å². The van der Waals surface area contributed by atoms with Crippen LogP contribution in [0.15, 0.2) is 85.1 Å². The Morgan fingerprint density at radius 3 is 1.49 bits per heavy atom. The van der Waals surface area contributed by atoms with Crippen LogP contribution >= 0.6 is 0 Å². The van der Waals surface area contributed by atoms with E-state index in [0.717, 1.165) is 96.3 Å². The fourth-order valence-electron chi connectivity index (χ4n) is 7.41. The van der Waals surface area contributed by atoms with Crippen molar-refractivity contribution in [2.75, 3.05) is 13.2 Å². The Hall–Kier alpha value is -4.10. The van der Waals surface area contributed by atoms with E-state index in [0.29, 0.717) is 19.3 Å². The molecule has 1 rings (SSSR count). The van der Waals surface area contributed by atoms with Crippen molar-refractivity contribution in [3.05, 3.63) is 85.1 Å². The summed E-state index contributed by atoms with van der Waals surface area (Å²) in [5.74, 6) is -3.31. The highest BCUT2D eigenvalue weighted by molar-refractivity contribution is 5.74. The molecule has 392 valence electrons. The van der Waals surface area contributed by atoms with Gasteiger partial charge in [0.15, 0.2) is 24.6 Å². The minimum atomic E-state index is -1.91. The van der Waals surface area contributed by atoms with Crippen LogP contribution < -0.4 is 0 Å². The molecule has 1 aliphatic heterocycles. The molecule has 0 aromatic heterocycles. The average molecular weight is 969 g/mol. The van der Waals surface area contributed by atoms with E-state index < -0.39 is 67.3 Å². The monoisotopic (exact) mass is 969 g/mol. The third-order valence-corrected chi connectivity index (χ3v) is 11.5. The lowest BCUT2D eigenvalue weighted by Crippen LogP contribution is -2.61. The highest BCUT2D eigenvalue weighted by Crippen LogP contribution is 2.26. The third kappa shape index (κ3) is 35.6. The van der Waals surface area contributed by atoms with Crippen LogP contribution in [0, 0.1) is 0 Å². The van der Waals surface area contributed by atoms with E-state index in [1.54, 1.807) is 6.08 Å². The van der Waals surface area contributed by atoms with E-state index in [4.69, 9.17) is 23.7 Å². The maximum atomic E-state index is 13.1. The lowest BCUT2D eigenvalue weighted by atomic mass is 9.98. The van der Waals surface area contributed by atoms with Crippen LogP contribution in [0.4, 0.5) is 0 Å². The molecule has 0 amide bonds. The van der Waals surface area contributed by atoms with E-state index in [2.05, 4.69) is 87.6 Å². The van der Waals surface area contributed by atoms with E-state index in [1.165, 1.54) is 44.9 Å². The molecule has 0 radical (unpaired) electrons. The number of hydrogen-bond acceptors (Lipinski definition) is 11. The Bertz CT molecular complexity index is 1530. The number of aliphatic hydroxyl groups excluding tert-OH is 2. The van der Waals surface area contributed by atoms with Crippen LogP contribution in [0.5, 0.6) is 0 Å². The molecule has 3 N–H and O–H groups in total. The predicted molar refractivity (Wildman–Crippen MR) is 275 cm³/mol. The summed E-state index contributed by atoms with van der Waals surface area (Å²) in [6.45, 7) is 5.69. The molecule has 12 nitrogen and oxygen atoms in total.